The summed E-state index contributed by atoms with van der Waals surface area (Å²) in [6.45, 7) is 4.12. The third-order valence-electron chi connectivity index (χ3n) is 6.44. The molecule has 0 amide bonds. The van der Waals surface area contributed by atoms with Crippen LogP contribution in [0.2, 0.25) is 0 Å². The van der Waals surface area contributed by atoms with Crippen molar-refractivity contribution in [3.8, 4) is 11.4 Å². The second kappa shape index (κ2) is 9.53. The molecule has 10 heteroatoms. The first-order valence-electron chi connectivity index (χ1n) is 11.7. The number of aromatic hydroxyl groups is 1. The van der Waals surface area contributed by atoms with E-state index < -0.39 is 10.0 Å². The summed E-state index contributed by atoms with van der Waals surface area (Å²) in [6, 6.07) is 21.8. The molecule has 1 aliphatic heterocycles. The van der Waals surface area contributed by atoms with Gasteiger partial charge < -0.3 is 19.9 Å². The van der Waals surface area contributed by atoms with Crippen molar-refractivity contribution >= 4 is 38.7 Å². The molecule has 2 aromatic heterocycles. The number of phenolic OH excluding ortho intramolecular Hbond substituents is 1. The SMILES string of the molecule is Cc1cc([C@@H]2[C@@H](c3ccccn3)NC(=S)N2c2ccc(NS(C)(=O)=O)cc2)c(C)n1-c1ccc(O)cc1. The van der Waals surface area contributed by atoms with Crippen LogP contribution in [0.5, 0.6) is 5.75 Å². The van der Waals surface area contributed by atoms with E-state index in [1.165, 1.54) is 0 Å². The predicted octanol–water partition coefficient (Wildman–Crippen LogP) is 4.74. The quantitative estimate of drug-likeness (QED) is 0.308. The summed E-state index contributed by atoms with van der Waals surface area (Å²) < 4.78 is 28.0. The Labute approximate surface area is 221 Å². The summed E-state index contributed by atoms with van der Waals surface area (Å²) >= 11 is 5.83. The molecule has 0 bridgehead atoms. The van der Waals surface area contributed by atoms with E-state index in [2.05, 4.69) is 44.4 Å². The third kappa shape index (κ3) is 4.90. The van der Waals surface area contributed by atoms with Crippen LogP contribution in [-0.4, -0.2) is 34.4 Å². The zero-order valence-electron chi connectivity index (χ0n) is 20.6. The molecule has 0 radical (unpaired) electrons. The lowest BCUT2D eigenvalue weighted by atomic mass is 9.96. The number of pyridine rings is 1. The fourth-order valence-electron chi connectivity index (χ4n) is 4.94. The Kier molecular flexibility index (Phi) is 6.38. The van der Waals surface area contributed by atoms with Crippen molar-refractivity contribution in [2.75, 3.05) is 15.9 Å². The highest BCUT2D eigenvalue weighted by atomic mass is 32.2. The lowest BCUT2D eigenvalue weighted by Crippen LogP contribution is -2.29. The van der Waals surface area contributed by atoms with Crippen LogP contribution >= 0.6 is 12.2 Å². The second-order valence-corrected chi connectivity index (χ2v) is 11.2. The van der Waals surface area contributed by atoms with E-state index >= 15 is 0 Å². The lowest BCUT2D eigenvalue weighted by Gasteiger charge is -2.28. The van der Waals surface area contributed by atoms with Crippen LogP contribution < -0.4 is 14.9 Å². The standard InChI is InChI=1S/C27H27N5O3S2/c1-17-16-23(18(2)31(17)20-11-13-22(33)14-12-20)26-25(24-6-4-5-15-28-24)29-27(36)32(26)21-9-7-19(8-10-21)30-37(3,34)35/h4-16,25-26,30,33H,1-3H3,(H,29,36)/t25-,26-/m1/s1. The number of hydrogen-bond acceptors (Lipinski definition) is 5. The van der Waals surface area contributed by atoms with E-state index in [0.717, 1.165) is 40.3 Å². The molecule has 2 atom stereocenters. The molecule has 1 aliphatic rings. The van der Waals surface area contributed by atoms with Crippen molar-refractivity contribution in [3.05, 3.63) is 102 Å². The Bertz CT molecular complexity index is 1550. The minimum absolute atomic E-state index is 0.212. The first-order valence-corrected chi connectivity index (χ1v) is 14.0. The molecule has 5 rings (SSSR count). The molecule has 8 nitrogen and oxygen atoms in total. The van der Waals surface area contributed by atoms with Gasteiger partial charge in [-0.25, -0.2) is 8.42 Å². The Morgan fingerprint density at radius 3 is 2.30 bits per heavy atom. The van der Waals surface area contributed by atoms with Crippen LogP contribution in [0.15, 0.2) is 79.0 Å². The highest BCUT2D eigenvalue weighted by Gasteiger charge is 2.42. The summed E-state index contributed by atoms with van der Waals surface area (Å²) in [5.74, 6) is 0.215. The number of hydrogen-bond donors (Lipinski definition) is 3. The molecular weight excluding hydrogens is 506 g/mol. The highest BCUT2D eigenvalue weighted by molar-refractivity contribution is 7.92. The number of phenols is 1. The summed E-state index contributed by atoms with van der Waals surface area (Å²) in [4.78, 5) is 6.68. The van der Waals surface area contributed by atoms with E-state index in [0.29, 0.717) is 10.8 Å². The first kappa shape index (κ1) is 24.8. The third-order valence-corrected chi connectivity index (χ3v) is 7.36. The Hall–Kier alpha value is -3.89. The van der Waals surface area contributed by atoms with E-state index in [1.807, 2.05) is 42.5 Å². The summed E-state index contributed by atoms with van der Waals surface area (Å²) in [7, 11) is -3.38. The van der Waals surface area contributed by atoms with Gasteiger partial charge in [0.1, 0.15) is 5.75 Å². The topological polar surface area (TPSA) is 99.5 Å². The maximum Gasteiger partial charge on any atom is 0.229 e. The molecule has 1 fully saturated rings. The molecule has 0 unspecified atom stereocenters. The summed E-state index contributed by atoms with van der Waals surface area (Å²) in [6.07, 6.45) is 2.89. The number of anilines is 2. The van der Waals surface area contributed by atoms with Gasteiger partial charge in [0.15, 0.2) is 5.11 Å². The number of nitrogens with zero attached hydrogens (tertiary/aromatic N) is 3. The minimum Gasteiger partial charge on any atom is -0.508 e. The molecule has 190 valence electrons. The molecular formula is C27H27N5O3S2. The van der Waals surface area contributed by atoms with Gasteiger partial charge in [0.05, 0.1) is 24.0 Å². The first-order chi connectivity index (χ1) is 17.6. The molecule has 4 aromatic rings. The largest absolute Gasteiger partial charge is 0.508 e. The number of rotatable bonds is 6. The maximum absolute atomic E-state index is 11.7. The Morgan fingerprint density at radius 1 is 1.00 bits per heavy atom. The average Bonchev–Trinajstić information content (AvgIpc) is 3.35. The number of aryl methyl sites for hydroxylation is 1. The zero-order valence-corrected chi connectivity index (χ0v) is 22.2. The fourth-order valence-corrected chi connectivity index (χ4v) is 5.85. The average molecular weight is 534 g/mol. The van der Waals surface area contributed by atoms with Gasteiger partial charge in [-0.05, 0) is 98.4 Å². The van der Waals surface area contributed by atoms with Crippen LogP contribution in [0.4, 0.5) is 11.4 Å². The normalized spacial score (nSPS) is 17.6. The van der Waals surface area contributed by atoms with Crippen LogP contribution in [-0.2, 0) is 10.0 Å². The van der Waals surface area contributed by atoms with E-state index in [1.54, 1.807) is 30.5 Å². The minimum atomic E-state index is -3.38. The van der Waals surface area contributed by atoms with Gasteiger partial charge in [0.2, 0.25) is 10.0 Å². The molecule has 0 aliphatic carbocycles. The number of aromatic nitrogens is 2. The van der Waals surface area contributed by atoms with Gasteiger partial charge in [-0.3, -0.25) is 9.71 Å². The number of thiocarbonyl (C=S) groups is 1. The van der Waals surface area contributed by atoms with E-state index in [4.69, 9.17) is 12.2 Å². The van der Waals surface area contributed by atoms with Crippen LogP contribution in [0.1, 0.15) is 34.7 Å². The van der Waals surface area contributed by atoms with Crippen molar-refractivity contribution in [2.24, 2.45) is 0 Å². The Morgan fingerprint density at radius 2 is 1.68 bits per heavy atom. The Balaban J connectivity index is 1.62. The summed E-state index contributed by atoms with van der Waals surface area (Å²) in [5.41, 5.74) is 6.28. The lowest BCUT2D eigenvalue weighted by molar-refractivity contribution is 0.475. The fraction of sp³-hybridized carbons (Fsp3) is 0.185. The highest BCUT2D eigenvalue weighted by Crippen LogP contribution is 2.44. The molecule has 3 N–H and O–H groups in total. The number of nitrogens with one attached hydrogen (secondary N) is 2. The molecule has 37 heavy (non-hydrogen) atoms. The molecule has 2 aromatic carbocycles. The monoisotopic (exact) mass is 533 g/mol. The van der Waals surface area contributed by atoms with Gasteiger partial charge in [0.25, 0.3) is 0 Å². The van der Waals surface area contributed by atoms with E-state index in [-0.39, 0.29) is 17.8 Å². The van der Waals surface area contributed by atoms with Gasteiger partial charge in [-0.15, -0.1) is 0 Å². The van der Waals surface area contributed by atoms with Crippen molar-refractivity contribution in [2.45, 2.75) is 25.9 Å². The molecule has 3 heterocycles. The van der Waals surface area contributed by atoms with Gasteiger partial charge in [-0.2, -0.15) is 0 Å². The zero-order chi connectivity index (χ0) is 26.3. The van der Waals surface area contributed by atoms with Gasteiger partial charge >= 0.3 is 0 Å². The predicted molar refractivity (Wildman–Crippen MR) is 150 cm³/mol. The molecule has 0 saturated carbocycles. The molecule has 1 saturated heterocycles. The van der Waals surface area contributed by atoms with E-state index in [9.17, 15) is 13.5 Å². The maximum atomic E-state index is 11.7. The second-order valence-electron chi connectivity index (χ2n) is 9.10. The summed E-state index contributed by atoms with van der Waals surface area (Å²) in [5, 5.41) is 13.8. The molecule has 0 spiro atoms. The van der Waals surface area contributed by atoms with Crippen LogP contribution in [0.3, 0.4) is 0 Å². The van der Waals surface area contributed by atoms with Gasteiger partial charge in [0, 0.05) is 34.6 Å². The van der Waals surface area contributed by atoms with Crippen molar-refractivity contribution in [1.29, 1.82) is 0 Å². The van der Waals surface area contributed by atoms with Crippen molar-refractivity contribution in [3.63, 3.8) is 0 Å². The number of benzene rings is 2. The van der Waals surface area contributed by atoms with Crippen LogP contribution in [0, 0.1) is 13.8 Å². The smallest absolute Gasteiger partial charge is 0.229 e. The van der Waals surface area contributed by atoms with Crippen molar-refractivity contribution in [1.82, 2.24) is 14.9 Å². The van der Waals surface area contributed by atoms with Crippen LogP contribution in [0.25, 0.3) is 5.69 Å². The number of sulfonamides is 1. The van der Waals surface area contributed by atoms with Gasteiger partial charge in [-0.1, -0.05) is 6.07 Å². The van der Waals surface area contributed by atoms with Crippen molar-refractivity contribution < 1.29 is 13.5 Å².